The summed E-state index contributed by atoms with van der Waals surface area (Å²) in [5, 5.41) is 2.23. The summed E-state index contributed by atoms with van der Waals surface area (Å²) in [6, 6.07) is 7.21. The lowest BCUT2D eigenvalue weighted by Crippen LogP contribution is -2.21. The maximum absolute atomic E-state index is 11.5. The lowest BCUT2D eigenvalue weighted by Gasteiger charge is -2.13. The molecule has 1 N–H and O–H groups in total. The number of benzene rings is 1. The zero-order chi connectivity index (χ0) is 13.1. The fourth-order valence-corrected chi connectivity index (χ4v) is 1.68. The average molecular weight is 245 g/mol. The summed E-state index contributed by atoms with van der Waals surface area (Å²) in [5.74, 6) is -0.0289. The number of hydrogen-bond donors (Lipinski definition) is 1. The minimum absolute atomic E-state index is 0.119. The topological polar surface area (TPSA) is 55.4 Å². The summed E-state index contributed by atoms with van der Waals surface area (Å²) in [5.41, 5.74) is 1.08. The van der Waals surface area contributed by atoms with E-state index in [9.17, 15) is 9.59 Å². The summed E-state index contributed by atoms with van der Waals surface area (Å²) < 4.78 is 5.68. The molecule has 1 unspecified atom stereocenters. The fourth-order valence-electron chi connectivity index (χ4n) is 1.68. The van der Waals surface area contributed by atoms with Crippen molar-refractivity contribution in [1.29, 1.82) is 0 Å². The van der Waals surface area contributed by atoms with Crippen LogP contribution in [0.25, 0.3) is 5.57 Å². The van der Waals surface area contributed by atoms with Gasteiger partial charge in [-0.25, -0.2) is 0 Å². The molecule has 1 aliphatic rings. The number of carbonyl (C=O) groups is 2. The second-order valence-corrected chi connectivity index (χ2v) is 4.24. The first-order valence-corrected chi connectivity index (χ1v) is 5.94. The van der Waals surface area contributed by atoms with Gasteiger partial charge in [0.05, 0.1) is 11.7 Å². The van der Waals surface area contributed by atoms with Crippen LogP contribution in [0.2, 0.25) is 0 Å². The second kappa shape index (κ2) is 5.04. The van der Waals surface area contributed by atoms with Gasteiger partial charge in [-0.2, -0.15) is 0 Å². The summed E-state index contributed by atoms with van der Waals surface area (Å²) in [6.07, 6.45) is 2.34. The van der Waals surface area contributed by atoms with E-state index in [-0.39, 0.29) is 17.9 Å². The minimum Gasteiger partial charge on any atom is -0.491 e. The van der Waals surface area contributed by atoms with Gasteiger partial charge >= 0.3 is 0 Å². The minimum atomic E-state index is -0.372. The zero-order valence-electron chi connectivity index (χ0n) is 10.4. The molecule has 1 aromatic rings. The third-order valence-corrected chi connectivity index (χ3v) is 2.81. The second-order valence-electron chi connectivity index (χ2n) is 4.24. The SMILES string of the molecule is CCC(C)Oc1cccc(C2=CC(=O)NC2=O)c1. The predicted molar refractivity (Wildman–Crippen MR) is 67.9 cm³/mol. The van der Waals surface area contributed by atoms with Crippen LogP contribution in [0.3, 0.4) is 0 Å². The van der Waals surface area contributed by atoms with Crippen molar-refractivity contribution in [3.8, 4) is 5.75 Å². The van der Waals surface area contributed by atoms with Crippen molar-refractivity contribution in [2.75, 3.05) is 0 Å². The van der Waals surface area contributed by atoms with E-state index in [1.54, 1.807) is 12.1 Å². The lowest BCUT2D eigenvalue weighted by molar-refractivity contribution is -0.123. The molecule has 0 spiro atoms. The van der Waals surface area contributed by atoms with Crippen molar-refractivity contribution in [1.82, 2.24) is 5.32 Å². The van der Waals surface area contributed by atoms with Crippen LogP contribution in [-0.2, 0) is 9.59 Å². The lowest BCUT2D eigenvalue weighted by atomic mass is 10.1. The molecule has 0 saturated carbocycles. The molecule has 1 aromatic carbocycles. The first-order valence-electron chi connectivity index (χ1n) is 5.94. The van der Waals surface area contributed by atoms with Gasteiger partial charge in [0.15, 0.2) is 0 Å². The Balaban J connectivity index is 2.25. The van der Waals surface area contributed by atoms with E-state index in [0.29, 0.717) is 16.9 Å². The third kappa shape index (κ3) is 2.59. The first kappa shape index (κ1) is 12.4. The molecule has 94 valence electrons. The highest BCUT2D eigenvalue weighted by Crippen LogP contribution is 2.23. The largest absolute Gasteiger partial charge is 0.491 e. The Hall–Kier alpha value is -2.10. The summed E-state index contributed by atoms with van der Waals surface area (Å²) >= 11 is 0. The third-order valence-electron chi connectivity index (χ3n) is 2.81. The van der Waals surface area contributed by atoms with Crippen LogP contribution >= 0.6 is 0 Å². The molecule has 0 aromatic heterocycles. The maximum Gasteiger partial charge on any atom is 0.258 e. The highest BCUT2D eigenvalue weighted by atomic mass is 16.5. The Morgan fingerprint density at radius 1 is 1.33 bits per heavy atom. The van der Waals surface area contributed by atoms with Crippen molar-refractivity contribution < 1.29 is 14.3 Å². The van der Waals surface area contributed by atoms with E-state index in [4.69, 9.17) is 4.74 Å². The van der Waals surface area contributed by atoms with Gasteiger partial charge in [-0.05, 0) is 31.0 Å². The Morgan fingerprint density at radius 2 is 2.11 bits per heavy atom. The first-order chi connectivity index (χ1) is 8.60. The number of rotatable bonds is 4. The summed E-state index contributed by atoms with van der Waals surface area (Å²) in [7, 11) is 0. The van der Waals surface area contributed by atoms with E-state index < -0.39 is 0 Å². The van der Waals surface area contributed by atoms with Crippen LogP contribution in [-0.4, -0.2) is 17.9 Å². The number of ether oxygens (including phenoxy) is 1. The van der Waals surface area contributed by atoms with Crippen molar-refractivity contribution in [2.45, 2.75) is 26.4 Å². The van der Waals surface area contributed by atoms with Crippen LogP contribution in [0.1, 0.15) is 25.8 Å². The van der Waals surface area contributed by atoms with E-state index in [1.807, 2.05) is 26.0 Å². The van der Waals surface area contributed by atoms with Gasteiger partial charge in [-0.1, -0.05) is 19.1 Å². The van der Waals surface area contributed by atoms with E-state index in [0.717, 1.165) is 6.42 Å². The van der Waals surface area contributed by atoms with Crippen LogP contribution in [0.15, 0.2) is 30.3 Å². The van der Waals surface area contributed by atoms with Gasteiger partial charge in [0.25, 0.3) is 11.8 Å². The molecule has 0 aliphatic carbocycles. The van der Waals surface area contributed by atoms with Crippen LogP contribution in [0.5, 0.6) is 5.75 Å². The Labute approximate surface area is 106 Å². The number of carbonyl (C=O) groups excluding carboxylic acids is 2. The van der Waals surface area contributed by atoms with Crippen molar-refractivity contribution in [3.63, 3.8) is 0 Å². The van der Waals surface area contributed by atoms with Crippen molar-refractivity contribution in [3.05, 3.63) is 35.9 Å². The van der Waals surface area contributed by atoms with Gasteiger partial charge in [-0.15, -0.1) is 0 Å². The highest BCUT2D eigenvalue weighted by molar-refractivity contribution is 6.33. The zero-order valence-corrected chi connectivity index (χ0v) is 10.4. The molecule has 18 heavy (non-hydrogen) atoms. The monoisotopic (exact) mass is 245 g/mol. The van der Waals surface area contributed by atoms with Crippen molar-refractivity contribution >= 4 is 17.4 Å². The van der Waals surface area contributed by atoms with Gasteiger partial charge in [0, 0.05) is 6.08 Å². The standard InChI is InChI=1S/C14H15NO3/c1-3-9(2)18-11-6-4-5-10(7-11)12-8-13(16)15-14(12)17/h4-9H,3H2,1-2H3,(H,15,16,17). The molecular weight excluding hydrogens is 230 g/mol. The average Bonchev–Trinajstić information content (AvgIpc) is 2.68. The van der Waals surface area contributed by atoms with Gasteiger partial charge < -0.3 is 4.74 Å². The van der Waals surface area contributed by atoms with Crippen LogP contribution < -0.4 is 10.1 Å². The van der Waals surface area contributed by atoms with Gasteiger partial charge in [0.1, 0.15) is 5.75 Å². The van der Waals surface area contributed by atoms with Gasteiger partial charge in [0.2, 0.25) is 0 Å². The quantitative estimate of drug-likeness (QED) is 0.824. The molecule has 1 atom stereocenters. The summed E-state index contributed by atoms with van der Waals surface area (Å²) in [4.78, 5) is 22.6. The molecule has 2 amide bonds. The number of amides is 2. The number of nitrogens with one attached hydrogen (secondary N) is 1. The number of hydrogen-bond acceptors (Lipinski definition) is 3. The highest BCUT2D eigenvalue weighted by Gasteiger charge is 2.22. The molecule has 1 heterocycles. The maximum atomic E-state index is 11.5. The molecule has 4 nitrogen and oxygen atoms in total. The molecule has 0 saturated heterocycles. The number of imide groups is 1. The fraction of sp³-hybridized carbons (Fsp3) is 0.286. The molecular formula is C14H15NO3. The van der Waals surface area contributed by atoms with Crippen LogP contribution in [0.4, 0.5) is 0 Å². The van der Waals surface area contributed by atoms with Gasteiger partial charge in [-0.3, -0.25) is 14.9 Å². The molecule has 0 bridgehead atoms. The predicted octanol–water partition coefficient (Wildman–Crippen LogP) is 1.90. The molecule has 1 aliphatic heterocycles. The molecule has 0 radical (unpaired) electrons. The Morgan fingerprint density at radius 3 is 2.72 bits per heavy atom. The van der Waals surface area contributed by atoms with Crippen LogP contribution in [0, 0.1) is 0 Å². The molecule has 2 rings (SSSR count). The normalized spacial score (nSPS) is 16.2. The van der Waals surface area contributed by atoms with E-state index in [2.05, 4.69) is 5.32 Å². The Bertz CT molecular complexity index is 520. The molecule has 0 fully saturated rings. The van der Waals surface area contributed by atoms with E-state index >= 15 is 0 Å². The summed E-state index contributed by atoms with van der Waals surface area (Å²) in [6.45, 7) is 4.03. The van der Waals surface area contributed by atoms with Crippen molar-refractivity contribution in [2.24, 2.45) is 0 Å². The Kier molecular flexibility index (Phi) is 3.46. The van der Waals surface area contributed by atoms with E-state index in [1.165, 1.54) is 6.08 Å². The smallest absolute Gasteiger partial charge is 0.258 e. The molecule has 4 heteroatoms.